The number of hydrogen-bond donors (Lipinski definition) is 1. The molecule has 2 atom stereocenters. The Morgan fingerprint density at radius 1 is 1.28 bits per heavy atom. The highest BCUT2D eigenvalue weighted by atomic mass is 32.2. The largest absolute Gasteiger partial charge is 0.327 e. The molecular weight excluding hydrogens is 246 g/mol. The standard InChI is InChI=1S/C14H21NO2S/c1-3-14(15)10(2)18(16,17)13-8-7-11-5-4-6-12(11)9-13/h7-10,14H,3-6,15H2,1-2H3. The van der Waals surface area contributed by atoms with Crippen molar-refractivity contribution < 1.29 is 8.42 Å². The van der Waals surface area contributed by atoms with Gasteiger partial charge in [-0.1, -0.05) is 13.0 Å². The van der Waals surface area contributed by atoms with E-state index in [4.69, 9.17) is 5.73 Å². The molecule has 2 N–H and O–H groups in total. The van der Waals surface area contributed by atoms with Gasteiger partial charge in [0.25, 0.3) is 0 Å². The van der Waals surface area contributed by atoms with Crippen LogP contribution in [-0.2, 0) is 22.7 Å². The maximum Gasteiger partial charge on any atom is 0.182 e. The average Bonchev–Trinajstić information content (AvgIpc) is 2.83. The van der Waals surface area contributed by atoms with E-state index in [1.165, 1.54) is 11.1 Å². The fraction of sp³-hybridized carbons (Fsp3) is 0.571. The second-order valence-electron chi connectivity index (χ2n) is 5.11. The molecule has 1 aliphatic rings. The Hall–Kier alpha value is -0.870. The van der Waals surface area contributed by atoms with Crippen LogP contribution in [0.2, 0.25) is 0 Å². The van der Waals surface area contributed by atoms with E-state index < -0.39 is 15.1 Å². The van der Waals surface area contributed by atoms with Gasteiger partial charge in [-0.2, -0.15) is 0 Å². The molecule has 1 aliphatic carbocycles. The summed E-state index contributed by atoms with van der Waals surface area (Å²) in [5.74, 6) is 0. The summed E-state index contributed by atoms with van der Waals surface area (Å²) in [5, 5.41) is -0.526. The van der Waals surface area contributed by atoms with Crippen LogP contribution in [0.15, 0.2) is 23.1 Å². The third-order valence-corrected chi connectivity index (χ3v) is 6.20. The van der Waals surface area contributed by atoms with E-state index in [-0.39, 0.29) is 6.04 Å². The molecule has 0 aromatic heterocycles. The number of aryl methyl sites for hydroxylation is 2. The third kappa shape index (κ3) is 2.31. The van der Waals surface area contributed by atoms with E-state index in [2.05, 4.69) is 0 Å². The van der Waals surface area contributed by atoms with Gasteiger partial charge in [-0.05, 0) is 55.9 Å². The lowest BCUT2D eigenvalue weighted by molar-refractivity contribution is 0.552. The van der Waals surface area contributed by atoms with Gasteiger partial charge in [-0.3, -0.25) is 0 Å². The van der Waals surface area contributed by atoms with Crippen LogP contribution in [-0.4, -0.2) is 19.7 Å². The van der Waals surface area contributed by atoms with Crippen molar-refractivity contribution in [1.82, 2.24) is 0 Å². The van der Waals surface area contributed by atoms with Crippen LogP contribution in [0.1, 0.15) is 37.8 Å². The fourth-order valence-corrected chi connectivity index (χ4v) is 4.15. The molecule has 1 aromatic carbocycles. The summed E-state index contributed by atoms with van der Waals surface area (Å²) in [7, 11) is -3.30. The molecule has 0 aliphatic heterocycles. The van der Waals surface area contributed by atoms with Crippen LogP contribution in [0.5, 0.6) is 0 Å². The summed E-state index contributed by atoms with van der Waals surface area (Å²) in [6.45, 7) is 3.62. The quantitative estimate of drug-likeness (QED) is 0.908. The second-order valence-corrected chi connectivity index (χ2v) is 7.41. The summed E-state index contributed by atoms with van der Waals surface area (Å²) in [6, 6.07) is 5.23. The number of rotatable bonds is 4. The van der Waals surface area contributed by atoms with Crippen molar-refractivity contribution in [3.8, 4) is 0 Å². The number of nitrogens with two attached hydrogens (primary N) is 1. The van der Waals surface area contributed by atoms with Crippen LogP contribution < -0.4 is 5.73 Å². The molecule has 0 fully saturated rings. The zero-order chi connectivity index (χ0) is 13.3. The Morgan fingerprint density at radius 3 is 2.61 bits per heavy atom. The first-order valence-electron chi connectivity index (χ1n) is 6.58. The molecular formula is C14H21NO2S. The van der Waals surface area contributed by atoms with Crippen LogP contribution in [0.4, 0.5) is 0 Å². The van der Waals surface area contributed by atoms with Gasteiger partial charge in [-0.25, -0.2) is 8.42 Å². The summed E-state index contributed by atoms with van der Waals surface area (Å²) in [4.78, 5) is 0.430. The van der Waals surface area contributed by atoms with E-state index in [9.17, 15) is 8.42 Å². The Morgan fingerprint density at radius 2 is 1.94 bits per heavy atom. The molecule has 4 heteroatoms. The summed E-state index contributed by atoms with van der Waals surface area (Å²) in [5.41, 5.74) is 8.35. The van der Waals surface area contributed by atoms with Crippen molar-refractivity contribution in [1.29, 1.82) is 0 Å². The first-order chi connectivity index (χ1) is 8.46. The topological polar surface area (TPSA) is 60.2 Å². The molecule has 1 aromatic rings. The highest BCUT2D eigenvalue weighted by Gasteiger charge is 2.28. The first-order valence-corrected chi connectivity index (χ1v) is 8.12. The van der Waals surface area contributed by atoms with Crippen molar-refractivity contribution in [2.45, 2.75) is 55.7 Å². The summed E-state index contributed by atoms with van der Waals surface area (Å²) < 4.78 is 24.9. The van der Waals surface area contributed by atoms with E-state index in [1.807, 2.05) is 19.1 Å². The van der Waals surface area contributed by atoms with Gasteiger partial charge in [0.2, 0.25) is 0 Å². The minimum Gasteiger partial charge on any atom is -0.327 e. The Labute approximate surface area is 109 Å². The molecule has 0 spiro atoms. The maximum absolute atomic E-state index is 12.5. The predicted molar refractivity (Wildman–Crippen MR) is 73.4 cm³/mol. The van der Waals surface area contributed by atoms with Crippen LogP contribution in [0.25, 0.3) is 0 Å². The van der Waals surface area contributed by atoms with Gasteiger partial charge in [0, 0.05) is 6.04 Å². The lowest BCUT2D eigenvalue weighted by Gasteiger charge is -2.19. The molecule has 0 saturated heterocycles. The van der Waals surface area contributed by atoms with Gasteiger partial charge in [-0.15, -0.1) is 0 Å². The molecule has 100 valence electrons. The molecule has 0 saturated carbocycles. The van der Waals surface area contributed by atoms with Crippen molar-refractivity contribution >= 4 is 9.84 Å². The van der Waals surface area contributed by atoms with Crippen LogP contribution in [0.3, 0.4) is 0 Å². The Kier molecular flexibility index (Phi) is 3.78. The van der Waals surface area contributed by atoms with Crippen molar-refractivity contribution in [2.24, 2.45) is 5.73 Å². The predicted octanol–water partition coefficient (Wildman–Crippen LogP) is 2.07. The van der Waals surface area contributed by atoms with Gasteiger partial charge in [0.05, 0.1) is 10.1 Å². The van der Waals surface area contributed by atoms with Crippen molar-refractivity contribution in [2.75, 3.05) is 0 Å². The lowest BCUT2D eigenvalue weighted by Crippen LogP contribution is -2.37. The van der Waals surface area contributed by atoms with Gasteiger partial charge < -0.3 is 5.73 Å². The Bertz CT molecular complexity index is 537. The molecule has 0 amide bonds. The number of hydrogen-bond acceptors (Lipinski definition) is 3. The highest BCUT2D eigenvalue weighted by molar-refractivity contribution is 7.92. The van der Waals surface area contributed by atoms with Gasteiger partial charge in [0.15, 0.2) is 9.84 Å². The van der Waals surface area contributed by atoms with E-state index >= 15 is 0 Å². The summed E-state index contributed by atoms with van der Waals surface area (Å²) >= 11 is 0. The summed E-state index contributed by atoms with van der Waals surface area (Å²) in [6.07, 6.45) is 3.86. The third-order valence-electron chi connectivity index (χ3n) is 3.96. The normalized spacial score (nSPS) is 18.4. The Balaban J connectivity index is 2.36. The molecule has 18 heavy (non-hydrogen) atoms. The first kappa shape index (κ1) is 13.6. The van der Waals surface area contributed by atoms with Gasteiger partial charge >= 0.3 is 0 Å². The van der Waals surface area contributed by atoms with E-state index in [1.54, 1.807) is 13.0 Å². The van der Waals surface area contributed by atoms with E-state index in [0.29, 0.717) is 11.3 Å². The smallest absolute Gasteiger partial charge is 0.182 e. The molecule has 0 bridgehead atoms. The number of sulfone groups is 1. The minimum absolute atomic E-state index is 0.303. The van der Waals surface area contributed by atoms with Crippen molar-refractivity contribution in [3.05, 3.63) is 29.3 Å². The second kappa shape index (κ2) is 5.02. The van der Waals surface area contributed by atoms with Crippen LogP contribution >= 0.6 is 0 Å². The molecule has 0 heterocycles. The average molecular weight is 267 g/mol. The number of fused-ring (bicyclic) bond motifs is 1. The molecule has 2 rings (SSSR count). The fourth-order valence-electron chi connectivity index (χ4n) is 2.50. The number of benzene rings is 1. The monoisotopic (exact) mass is 267 g/mol. The lowest BCUT2D eigenvalue weighted by atomic mass is 10.1. The van der Waals surface area contributed by atoms with E-state index in [0.717, 1.165) is 19.3 Å². The molecule has 0 radical (unpaired) electrons. The van der Waals surface area contributed by atoms with Crippen LogP contribution in [0, 0.1) is 0 Å². The zero-order valence-electron chi connectivity index (χ0n) is 11.0. The zero-order valence-corrected chi connectivity index (χ0v) is 11.8. The van der Waals surface area contributed by atoms with Crippen molar-refractivity contribution in [3.63, 3.8) is 0 Å². The maximum atomic E-state index is 12.5. The highest BCUT2D eigenvalue weighted by Crippen LogP contribution is 2.27. The molecule has 2 unspecified atom stereocenters. The molecule has 3 nitrogen and oxygen atoms in total. The minimum atomic E-state index is -3.30. The SMILES string of the molecule is CCC(N)C(C)S(=O)(=O)c1ccc2c(c1)CCC2. The van der Waals surface area contributed by atoms with Gasteiger partial charge in [0.1, 0.15) is 0 Å².